The molecule has 0 saturated carbocycles. The van der Waals surface area contributed by atoms with Crippen molar-refractivity contribution in [3.8, 4) is 0 Å². The van der Waals surface area contributed by atoms with E-state index < -0.39 is 0 Å². The third-order valence-corrected chi connectivity index (χ3v) is 1.89. The van der Waals surface area contributed by atoms with Gasteiger partial charge in [-0.3, -0.25) is 9.69 Å². The van der Waals surface area contributed by atoms with Gasteiger partial charge in [-0.15, -0.1) is 0 Å². The van der Waals surface area contributed by atoms with Crippen molar-refractivity contribution in [3.63, 3.8) is 0 Å². The molecule has 0 fully saturated rings. The molecule has 0 atom stereocenters. The predicted octanol–water partition coefficient (Wildman–Crippen LogP) is 1.35. The molecule has 0 spiro atoms. The molecule has 0 saturated heterocycles. The summed E-state index contributed by atoms with van der Waals surface area (Å²) >= 11 is 0. The quantitative estimate of drug-likeness (QED) is 0.702. The molecule has 3 nitrogen and oxygen atoms in total. The first-order valence-electron chi connectivity index (χ1n) is 5.38. The summed E-state index contributed by atoms with van der Waals surface area (Å²) in [4.78, 5) is 13.4. The molecule has 0 radical (unpaired) electrons. The zero-order valence-corrected chi connectivity index (χ0v) is 10.1. The molecule has 0 aromatic carbocycles. The van der Waals surface area contributed by atoms with Crippen LogP contribution in [0.1, 0.15) is 27.7 Å². The van der Waals surface area contributed by atoms with Gasteiger partial charge < -0.3 is 5.32 Å². The van der Waals surface area contributed by atoms with E-state index in [1.54, 1.807) is 7.05 Å². The highest BCUT2D eigenvalue weighted by atomic mass is 16.1. The second kappa shape index (κ2) is 6.82. The topological polar surface area (TPSA) is 32.3 Å². The lowest BCUT2D eigenvalue weighted by molar-refractivity contribution is -0.122. The maximum Gasteiger partial charge on any atom is 0.233 e. The summed E-state index contributed by atoms with van der Waals surface area (Å²) < 4.78 is 0. The molecule has 0 rings (SSSR count). The van der Waals surface area contributed by atoms with Crippen LogP contribution < -0.4 is 5.32 Å². The highest BCUT2D eigenvalue weighted by molar-refractivity contribution is 5.77. The molecule has 0 aromatic rings. The van der Waals surface area contributed by atoms with Crippen LogP contribution in [0.15, 0.2) is 0 Å². The van der Waals surface area contributed by atoms with Gasteiger partial charge in [0.25, 0.3) is 0 Å². The van der Waals surface area contributed by atoms with Crippen LogP contribution in [0.25, 0.3) is 0 Å². The summed E-state index contributed by atoms with van der Waals surface area (Å²) in [6, 6.07) is 0. The number of amides is 1. The highest BCUT2D eigenvalue weighted by Crippen LogP contribution is 2.03. The molecule has 14 heavy (non-hydrogen) atoms. The smallest absolute Gasteiger partial charge is 0.233 e. The summed E-state index contributed by atoms with van der Waals surface area (Å²) in [5.41, 5.74) is 0. The SMILES string of the molecule is CNC(=O)CN(CC(C)C)CC(C)C. The molecule has 0 aliphatic rings. The normalized spacial score (nSPS) is 11.4. The molecule has 0 aliphatic carbocycles. The fourth-order valence-electron chi connectivity index (χ4n) is 1.52. The number of carbonyl (C=O) groups is 1. The average molecular weight is 200 g/mol. The average Bonchev–Trinajstić information content (AvgIpc) is 2.01. The van der Waals surface area contributed by atoms with Crippen molar-refractivity contribution < 1.29 is 4.79 Å². The van der Waals surface area contributed by atoms with Gasteiger partial charge in [-0.1, -0.05) is 27.7 Å². The number of likely N-dealkylation sites (N-methyl/N-ethyl adjacent to an activating group) is 1. The molecule has 84 valence electrons. The van der Waals surface area contributed by atoms with Crippen molar-refractivity contribution in [2.75, 3.05) is 26.7 Å². The molecule has 3 heteroatoms. The number of nitrogens with zero attached hydrogens (tertiary/aromatic N) is 1. The van der Waals surface area contributed by atoms with E-state index in [1.807, 2.05) is 0 Å². The van der Waals surface area contributed by atoms with Crippen LogP contribution in [0.3, 0.4) is 0 Å². The number of hydrogen-bond acceptors (Lipinski definition) is 2. The summed E-state index contributed by atoms with van der Waals surface area (Å²) in [5.74, 6) is 1.32. The van der Waals surface area contributed by atoms with Crippen molar-refractivity contribution in [3.05, 3.63) is 0 Å². The van der Waals surface area contributed by atoms with Crippen LogP contribution in [0, 0.1) is 11.8 Å². The molecule has 0 unspecified atom stereocenters. The van der Waals surface area contributed by atoms with E-state index in [9.17, 15) is 4.79 Å². The fraction of sp³-hybridized carbons (Fsp3) is 0.909. The van der Waals surface area contributed by atoms with Crippen LogP contribution in [0.4, 0.5) is 0 Å². The zero-order chi connectivity index (χ0) is 11.1. The Hall–Kier alpha value is -0.570. The molecule has 0 aliphatic heterocycles. The Morgan fingerprint density at radius 3 is 1.86 bits per heavy atom. The molecule has 1 N–H and O–H groups in total. The van der Waals surface area contributed by atoms with Crippen molar-refractivity contribution in [2.24, 2.45) is 11.8 Å². The van der Waals surface area contributed by atoms with Crippen molar-refractivity contribution in [2.45, 2.75) is 27.7 Å². The molecule has 0 bridgehead atoms. The maximum absolute atomic E-state index is 11.2. The van der Waals surface area contributed by atoms with Crippen LogP contribution in [-0.4, -0.2) is 37.5 Å². The molecular weight excluding hydrogens is 176 g/mol. The zero-order valence-electron chi connectivity index (χ0n) is 10.1. The minimum Gasteiger partial charge on any atom is -0.358 e. The standard InChI is InChI=1S/C11H24N2O/c1-9(2)6-13(7-10(3)4)8-11(14)12-5/h9-10H,6-8H2,1-5H3,(H,12,14). The van der Waals surface area contributed by atoms with E-state index >= 15 is 0 Å². The minimum atomic E-state index is 0.103. The summed E-state index contributed by atoms with van der Waals surface area (Å²) in [6.07, 6.45) is 0. The van der Waals surface area contributed by atoms with Crippen LogP contribution in [-0.2, 0) is 4.79 Å². The lowest BCUT2D eigenvalue weighted by Gasteiger charge is -2.25. The molecule has 1 amide bonds. The second-order valence-electron chi connectivity index (χ2n) is 4.65. The van der Waals surface area contributed by atoms with Gasteiger partial charge >= 0.3 is 0 Å². The number of nitrogens with one attached hydrogen (secondary N) is 1. The summed E-state index contributed by atoms with van der Waals surface area (Å²) in [5, 5.41) is 2.66. The molecular formula is C11H24N2O. The van der Waals surface area contributed by atoms with Gasteiger partial charge in [0.2, 0.25) is 5.91 Å². The number of carbonyl (C=O) groups excluding carboxylic acids is 1. The van der Waals surface area contributed by atoms with Gasteiger partial charge in [-0.25, -0.2) is 0 Å². The maximum atomic E-state index is 11.2. The third kappa shape index (κ3) is 6.89. The third-order valence-electron chi connectivity index (χ3n) is 1.89. The van der Waals surface area contributed by atoms with E-state index in [4.69, 9.17) is 0 Å². The summed E-state index contributed by atoms with van der Waals surface area (Å²) in [7, 11) is 1.69. The highest BCUT2D eigenvalue weighted by Gasteiger charge is 2.12. The molecule has 0 heterocycles. The largest absolute Gasteiger partial charge is 0.358 e. The van der Waals surface area contributed by atoms with E-state index in [2.05, 4.69) is 37.9 Å². The minimum absolute atomic E-state index is 0.103. The van der Waals surface area contributed by atoms with Gasteiger partial charge in [0.1, 0.15) is 0 Å². The van der Waals surface area contributed by atoms with E-state index in [-0.39, 0.29) is 5.91 Å². The monoisotopic (exact) mass is 200 g/mol. The van der Waals surface area contributed by atoms with E-state index in [1.165, 1.54) is 0 Å². The van der Waals surface area contributed by atoms with E-state index in [0.717, 1.165) is 13.1 Å². The first-order valence-corrected chi connectivity index (χ1v) is 5.38. The first-order chi connectivity index (χ1) is 6.45. The molecule has 0 aromatic heterocycles. The second-order valence-corrected chi connectivity index (χ2v) is 4.65. The van der Waals surface area contributed by atoms with Crippen molar-refractivity contribution in [1.82, 2.24) is 10.2 Å². The Morgan fingerprint density at radius 2 is 1.57 bits per heavy atom. The predicted molar refractivity (Wildman–Crippen MR) is 60.2 cm³/mol. The Bertz CT molecular complexity index is 157. The Balaban J connectivity index is 4.03. The van der Waals surface area contributed by atoms with E-state index in [0.29, 0.717) is 18.4 Å². The number of rotatable bonds is 6. The Kier molecular flexibility index (Phi) is 6.54. The van der Waals surface area contributed by atoms with Crippen LogP contribution >= 0.6 is 0 Å². The van der Waals surface area contributed by atoms with Gasteiger partial charge in [-0.05, 0) is 11.8 Å². The first kappa shape index (κ1) is 13.4. The van der Waals surface area contributed by atoms with Gasteiger partial charge in [0.05, 0.1) is 6.54 Å². The number of hydrogen-bond donors (Lipinski definition) is 1. The van der Waals surface area contributed by atoms with Crippen molar-refractivity contribution in [1.29, 1.82) is 0 Å². The van der Waals surface area contributed by atoms with Crippen LogP contribution in [0.2, 0.25) is 0 Å². The van der Waals surface area contributed by atoms with Gasteiger partial charge in [-0.2, -0.15) is 0 Å². The van der Waals surface area contributed by atoms with Gasteiger partial charge in [0, 0.05) is 20.1 Å². The summed E-state index contributed by atoms with van der Waals surface area (Å²) in [6.45, 7) is 11.2. The van der Waals surface area contributed by atoms with Crippen molar-refractivity contribution >= 4 is 5.91 Å². The Morgan fingerprint density at radius 1 is 1.14 bits per heavy atom. The van der Waals surface area contributed by atoms with Gasteiger partial charge in [0.15, 0.2) is 0 Å². The lowest BCUT2D eigenvalue weighted by Crippen LogP contribution is -2.39. The Labute approximate surface area is 87.9 Å². The lowest BCUT2D eigenvalue weighted by atomic mass is 10.1. The van der Waals surface area contributed by atoms with Crippen LogP contribution in [0.5, 0.6) is 0 Å². The fourth-order valence-corrected chi connectivity index (χ4v) is 1.52.